The standard InChI is InChI=1S/C23H23N5OS/c29-23(28(17-7-3-1-4-8-17)18-9-5-2-6-10-18)25-16-11-12-19-20(13-16)27-22(26-19)21-14-30-15-24-21/h1,3-4,7-8,11-15,18H,2,5-6,9-10H2,(H,25,29)(H,26,27). The average Bonchev–Trinajstić information content (AvgIpc) is 3.45. The van der Waals surface area contributed by atoms with Crippen LogP contribution in [0.15, 0.2) is 59.4 Å². The number of imidazole rings is 1. The Bertz CT molecular complexity index is 1130. The summed E-state index contributed by atoms with van der Waals surface area (Å²) in [6, 6.07) is 15.8. The number of aromatic nitrogens is 3. The van der Waals surface area contributed by atoms with Crippen LogP contribution in [0.4, 0.5) is 16.2 Å². The molecule has 152 valence electrons. The molecule has 7 heteroatoms. The van der Waals surface area contributed by atoms with E-state index >= 15 is 0 Å². The summed E-state index contributed by atoms with van der Waals surface area (Å²) in [4.78, 5) is 27.5. The molecule has 0 bridgehead atoms. The van der Waals surface area contributed by atoms with Gasteiger partial charge in [0.25, 0.3) is 0 Å². The van der Waals surface area contributed by atoms with E-state index < -0.39 is 0 Å². The van der Waals surface area contributed by atoms with E-state index in [1.807, 2.05) is 58.8 Å². The predicted octanol–water partition coefficient (Wildman–Crippen LogP) is 6.06. The molecule has 0 radical (unpaired) electrons. The normalized spacial score (nSPS) is 14.7. The van der Waals surface area contributed by atoms with Gasteiger partial charge in [-0.15, -0.1) is 11.3 Å². The maximum absolute atomic E-state index is 13.3. The second-order valence-corrected chi connectivity index (χ2v) is 8.34. The molecule has 1 fully saturated rings. The summed E-state index contributed by atoms with van der Waals surface area (Å²) >= 11 is 1.54. The Hall–Kier alpha value is -3.19. The smallest absolute Gasteiger partial charge is 0.326 e. The minimum Gasteiger partial charge on any atom is -0.337 e. The zero-order valence-corrected chi connectivity index (χ0v) is 17.4. The molecule has 5 rings (SSSR count). The van der Waals surface area contributed by atoms with Crippen LogP contribution in [0.25, 0.3) is 22.6 Å². The SMILES string of the molecule is O=C(Nc1ccc2nc(-c3cscn3)[nH]c2c1)N(c1ccccc1)C1CCCCC1. The zero-order chi connectivity index (χ0) is 20.3. The van der Waals surface area contributed by atoms with Crippen LogP contribution < -0.4 is 10.2 Å². The number of benzene rings is 2. The largest absolute Gasteiger partial charge is 0.337 e. The van der Waals surface area contributed by atoms with Gasteiger partial charge in [-0.3, -0.25) is 4.90 Å². The molecule has 6 nitrogen and oxygen atoms in total. The second kappa shape index (κ2) is 8.28. The Balaban J connectivity index is 1.41. The number of carbonyl (C=O) groups is 1. The summed E-state index contributed by atoms with van der Waals surface area (Å²) in [7, 11) is 0. The first-order chi connectivity index (χ1) is 14.8. The Morgan fingerprint density at radius 2 is 1.93 bits per heavy atom. The number of hydrogen-bond donors (Lipinski definition) is 2. The van der Waals surface area contributed by atoms with Gasteiger partial charge in [0.05, 0.1) is 16.5 Å². The van der Waals surface area contributed by atoms with Crippen LogP contribution in [-0.2, 0) is 0 Å². The number of nitrogens with one attached hydrogen (secondary N) is 2. The number of amides is 2. The fraction of sp³-hybridized carbons (Fsp3) is 0.261. The number of carbonyl (C=O) groups excluding carboxylic acids is 1. The lowest BCUT2D eigenvalue weighted by Crippen LogP contribution is -2.44. The highest BCUT2D eigenvalue weighted by Crippen LogP contribution is 2.29. The fourth-order valence-corrected chi connectivity index (χ4v) is 4.68. The maximum atomic E-state index is 13.3. The number of fused-ring (bicyclic) bond motifs is 1. The van der Waals surface area contributed by atoms with Crippen molar-refractivity contribution in [3.8, 4) is 11.5 Å². The van der Waals surface area contributed by atoms with Gasteiger partial charge in [-0.1, -0.05) is 37.5 Å². The van der Waals surface area contributed by atoms with Crippen molar-refractivity contribution < 1.29 is 4.79 Å². The molecule has 1 aliphatic rings. The van der Waals surface area contributed by atoms with Crippen molar-refractivity contribution in [3.63, 3.8) is 0 Å². The number of urea groups is 1. The molecule has 1 aliphatic carbocycles. The highest BCUT2D eigenvalue weighted by atomic mass is 32.1. The number of anilines is 2. The molecule has 0 spiro atoms. The number of aromatic amines is 1. The molecule has 2 amide bonds. The van der Waals surface area contributed by atoms with Gasteiger partial charge < -0.3 is 10.3 Å². The van der Waals surface area contributed by atoms with Gasteiger partial charge >= 0.3 is 6.03 Å². The van der Waals surface area contributed by atoms with Gasteiger partial charge in [-0.05, 0) is 43.2 Å². The number of rotatable bonds is 4. The third-order valence-electron chi connectivity index (χ3n) is 5.60. The van der Waals surface area contributed by atoms with Crippen LogP contribution in [0.5, 0.6) is 0 Å². The van der Waals surface area contributed by atoms with E-state index in [2.05, 4.69) is 20.3 Å². The van der Waals surface area contributed by atoms with Crippen molar-refractivity contribution in [1.82, 2.24) is 15.0 Å². The van der Waals surface area contributed by atoms with Crippen LogP contribution in [0.2, 0.25) is 0 Å². The van der Waals surface area contributed by atoms with E-state index in [1.165, 1.54) is 30.6 Å². The summed E-state index contributed by atoms with van der Waals surface area (Å²) in [6.07, 6.45) is 5.66. The molecule has 0 saturated heterocycles. The van der Waals surface area contributed by atoms with Crippen molar-refractivity contribution in [2.75, 3.05) is 10.2 Å². The molecule has 0 unspecified atom stereocenters. The van der Waals surface area contributed by atoms with E-state index in [-0.39, 0.29) is 12.1 Å². The minimum atomic E-state index is -0.0910. The first-order valence-electron chi connectivity index (χ1n) is 10.3. The number of H-pyrrole nitrogens is 1. The van der Waals surface area contributed by atoms with Gasteiger partial charge in [0.2, 0.25) is 0 Å². The fourth-order valence-electron chi connectivity index (χ4n) is 4.14. The maximum Gasteiger partial charge on any atom is 0.326 e. The van der Waals surface area contributed by atoms with Crippen molar-refractivity contribution in [3.05, 3.63) is 59.4 Å². The van der Waals surface area contributed by atoms with Crippen molar-refractivity contribution in [1.29, 1.82) is 0 Å². The van der Waals surface area contributed by atoms with E-state index in [0.717, 1.165) is 46.8 Å². The minimum absolute atomic E-state index is 0.0910. The van der Waals surface area contributed by atoms with Gasteiger partial charge in [0.15, 0.2) is 5.82 Å². The highest BCUT2D eigenvalue weighted by molar-refractivity contribution is 7.07. The molecule has 0 atom stereocenters. The summed E-state index contributed by atoms with van der Waals surface area (Å²) in [5, 5.41) is 5.06. The van der Waals surface area contributed by atoms with E-state index in [1.54, 1.807) is 5.51 Å². The monoisotopic (exact) mass is 417 g/mol. The molecular formula is C23H23N5OS. The Labute approximate surface area is 179 Å². The quantitative estimate of drug-likeness (QED) is 0.424. The van der Waals surface area contributed by atoms with E-state index in [9.17, 15) is 4.79 Å². The highest BCUT2D eigenvalue weighted by Gasteiger charge is 2.27. The van der Waals surface area contributed by atoms with Crippen molar-refractivity contribution >= 4 is 39.8 Å². The number of para-hydroxylation sites is 1. The van der Waals surface area contributed by atoms with Crippen LogP contribution in [0, 0.1) is 0 Å². The lowest BCUT2D eigenvalue weighted by molar-refractivity contribution is 0.252. The van der Waals surface area contributed by atoms with Crippen LogP contribution in [0.3, 0.4) is 0 Å². The summed E-state index contributed by atoms with van der Waals surface area (Å²) in [5.41, 5.74) is 6.03. The number of thiazole rings is 1. The van der Waals surface area contributed by atoms with Gasteiger partial charge in [-0.25, -0.2) is 14.8 Å². The Kier molecular flexibility index (Phi) is 5.19. The molecule has 2 aromatic heterocycles. The number of nitrogens with zero attached hydrogens (tertiary/aromatic N) is 3. The predicted molar refractivity (Wildman–Crippen MR) is 122 cm³/mol. The first-order valence-corrected chi connectivity index (χ1v) is 11.3. The molecule has 2 N–H and O–H groups in total. The van der Waals surface area contributed by atoms with Crippen LogP contribution >= 0.6 is 11.3 Å². The van der Waals surface area contributed by atoms with Crippen LogP contribution in [-0.4, -0.2) is 27.0 Å². The summed E-state index contributed by atoms with van der Waals surface area (Å²) in [5.74, 6) is 0.739. The lowest BCUT2D eigenvalue weighted by atomic mass is 9.94. The van der Waals surface area contributed by atoms with Gasteiger partial charge in [0, 0.05) is 22.8 Å². The molecule has 0 aliphatic heterocycles. The molecule has 4 aromatic rings. The topological polar surface area (TPSA) is 73.9 Å². The van der Waals surface area contributed by atoms with Crippen molar-refractivity contribution in [2.24, 2.45) is 0 Å². The van der Waals surface area contributed by atoms with Gasteiger partial charge in [-0.2, -0.15) is 0 Å². The molecule has 1 saturated carbocycles. The third kappa shape index (κ3) is 3.80. The Morgan fingerprint density at radius 3 is 2.70 bits per heavy atom. The molecule has 2 heterocycles. The van der Waals surface area contributed by atoms with E-state index in [0.29, 0.717) is 0 Å². The Morgan fingerprint density at radius 1 is 1.10 bits per heavy atom. The molecular weight excluding hydrogens is 394 g/mol. The first kappa shape index (κ1) is 18.8. The lowest BCUT2D eigenvalue weighted by Gasteiger charge is -2.34. The van der Waals surface area contributed by atoms with E-state index in [4.69, 9.17) is 0 Å². The average molecular weight is 418 g/mol. The zero-order valence-electron chi connectivity index (χ0n) is 16.5. The van der Waals surface area contributed by atoms with Gasteiger partial charge in [0.1, 0.15) is 5.69 Å². The van der Waals surface area contributed by atoms with Crippen LogP contribution in [0.1, 0.15) is 32.1 Å². The summed E-state index contributed by atoms with van der Waals surface area (Å²) < 4.78 is 0. The molecule has 30 heavy (non-hydrogen) atoms. The summed E-state index contributed by atoms with van der Waals surface area (Å²) in [6.45, 7) is 0. The number of hydrogen-bond acceptors (Lipinski definition) is 4. The van der Waals surface area contributed by atoms with Crippen molar-refractivity contribution in [2.45, 2.75) is 38.1 Å². The third-order valence-corrected chi connectivity index (χ3v) is 6.19. The molecule has 2 aromatic carbocycles. The second-order valence-electron chi connectivity index (χ2n) is 7.62.